The molecule has 2 rings (SSSR count). The Balaban J connectivity index is 2.30. The maximum Gasteiger partial charge on any atom is 0.180 e. The molecular weight excluding hydrogens is 164 g/mol. The molecule has 70 valence electrons. The average molecular weight is 178 g/mol. The van der Waals surface area contributed by atoms with Crippen molar-refractivity contribution < 1.29 is 9.84 Å². The second-order valence-corrected chi connectivity index (χ2v) is 3.47. The second-order valence-electron chi connectivity index (χ2n) is 3.47. The molecule has 0 bridgehead atoms. The highest BCUT2D eigenvalue weighted by molar-refractivity contribution is 5.35. The molecule has 1 atom stereocenters. The first kappa shape index (κ1) is 8.73. The summed E-state index contributed by atoms with van der Waals surface area (Å²) in [4.78, 5) is 0. The van der Waals surface area contributed by atoms with Gasteiger partial charge in [-0.15, -0.1) is 0 Å². The average Bonchev–Trinajstić information content (AvgIpc) is 2.63. The summed E-state index contributed by atoms with van der Waals surface area (Å²) in [5, 5.41) is 9.44. The van der Waals surface area contributed by atoms with Crippen LogP contribution in [0.5, 0.6) is 0 Å². The minimum absolute atomic E-state index is 0.772. The Morgan fingerprint density at radius 3 is 2.85 bits per heavy atom. The van der Waals surface area contributed by atoms with Gasteiger partial charge in [0.15, 0.2) is 6.29 Å². The van der Waals surface area contributed by atoms with E-state index in [2.05, 4.69) is 12.1 Å². The molecule has 1 N–H and O–H groups in total. The zero-order valence-electron chi connectivity index (χ0n) is 7.79. The van der Waals surface area contributed by atoms with Crippen molar-refractivity contribution in [3.63, 3.8) is 0 Å². The standard InChI is InChI=1S/C11H14O2/c1-13-11(12)10-6-5-8-3-2-4-9(8)7-10/h5-7,11-12H,2-4H2,1H3. The molecule has 1 aliphatic rings. The van der Waals surface area contributed by atoms with E-state index in [1.54, 1.807) is 0 Å². The fourth-order valence-corrected chi connectivity index (χ4v) is 1.88. The highest BCUT2D eigenvalue weighted by Crippen LogP contribution is 2.25. The summed E-state index contributed by atoms with van der Waals surface area (Å²) in [6.45, 7) is 0. The Bertz CT molecular complexity index is 307. The van der Waals surface area contributed by atoms with E-state index in [-0.39, 0.29) is 0 Å². The van der Waals surface area contributed by atoms with Gasteiger partial charge >= 0.3 is 0 Å². The predicted molar refractivity (Wildman–Crippen MR) is 50.4 cm³/mol. The van der Waals surface area contributed by atoms with Gasteiger partial charge in [0.2, 0.25) is 0 Å². The summed E-state index contributed by atoms with van der Waals surface area (Å²) >= 11 is 0. The van der Waals surface area contributed by atoms with Gasteiger partial charge in [0.05, 0.1) is 0 Å². The molecule has 1 aliphatic carbocycles. The Labute approximate surface area is 78.2 Å². The maximum absolute atomic E-state index is 9.44. The van der Waals surface area contributed by atoms with Gasteiger partial charge in [-0.2, -0.15) is 0 Å². The lowest BCUT2D eigenvalue weighted by Gasteiger charge is -2.10. The van der Waals surface area contributed by atoms with Crippen LogP contribution in [-0.4, -0.2) is 12.2 Å². The van der Waals surface area contributed by atoms with Crippen molar-refractivity contribution in [1.29, 1.82) is 0 Å². The fraction of sp³-hybridized carbons (Fsp3) is 0.455. The van der Waals surface area contributed by atoms with E-state index in [9.17, 15) is 5.11 Å². The van der Waals surface area contributed by atoms with Crippen LogP contribution in [0.15, 0.2) is 18.2 Å². The quantitative estimate of drug-likeness (QED) is 0.700. The lowest BCUT2D eigenvalue weighted by Crippen LogP contribution is -2.00. The SMILES string of the molecule is COC(O)c1ccc2c(c1)CCC2. The number of hydrogen-bond donors (Lipinski definition) is 1. The van der Waals surface area contributed by atoms with Crippen LogP contribution in [-0.2, 0) is 17.6 Å². The molecule has 0 radical (unpaired) electrons. The Hall–Kier alpha value is -0.860. The van der Waals surface area contributed by atoms with E-state index >= 15 is 0 Å². The molecule has 13 heavy (non-hydrogen) atoms. The maximum atomic E-state index is 9.44. The van der Waals surface area contributed by atoms with Gasteiger partial charge in [0.25, 0.3) is 0 Å². The van der Waals surface area contributed by atoms with Gasteiger partial charge in [-0.25, -0.2) is 0 Å². The minimum atomic E-state index is -0.772. The number of ether oxygens (including phenoxy) is 1. The van der Waals surface area contributed by atoms with E-state index < -0.39 is 6.29 Å². The third-order valence-corrected chi connectivity index (χ3v) is 2.63. The van der Waals surface area contributed by atoms with Crippen molar-refractivity contribution in [1.82, 2.24) is 0 Å². The van der Waals surface area contributed by atoms with Crippen molar-refractivity contribution in [3.8, 4) is 0 Å². The van der Waals surface area contributed by atoms with Crippen LogP contribution in [0.2, 0.25) is 0 Å². The largest absolute Gasteiger partial charge is 0.364 e. The van der Waals surface area contributed by atoms with Crippen LogP contribution in [0.4, 0.5) is 0 Å². The number of methoxy groups -OCH3 is 1. The topological polar surface area (TPSA) is 29.5 Å². The van der Waals surface area contributed by atoms with E-state index in [1.807, 2.05) is 6.07 Å². The highest BCUT2D eigenvalue weighted by atomic mass is 16.6. The van der Waals surface area contributed by atoms with Crippen LogP contribution in [0.25, 0.3) is 0 Å². The van der Waals surface area contributed by atoms with E-state index in [0.717, 1.165) is 12.0 Å². The molecule has 1 unspecified atom stereocenters. The van der Waals surface area contributed by atoms with Gasteiger partial charge in [0, 0.05) is 12.7 Å². The van der Waals surface area contributed by atoms with E-state index in [1.165, 1.54) is 31.1 Å². The summed E-state index contributed by atoms with van der Waals surface area (Å²) in [5.41, 5.74) is 3.66. The van der Waals surface area contributed by atoms with Gasteiger partial charge < -0.3 is 9.84 Å². The second kappa shape index (κ2) is 3.48. The third-order valence-electron chi connectivity index (χ3n) is 2.63. The molecule has 1 aromatic rings. The Kier molecular flexibility index (Phi) is 2.34. The van der Waals surface area contributed by atoms with E-state index in [4.69, 9.17) is 4.74 Å². The molecule has 0 heterocycles. The first-order chi connectivity index (χ1) is 6.31. The highest BCUT2D eigenvalue weighted by Gasteiger charge is 2.13. The fourth-order valence-electron chi connectivity index (χ4n) is 1.88. The summed E-state index contributed by atoms with van der Waals surface area (Å²) in [6.07, 6.45) is 2.78. The third kappa shape index (κ3) is 1.60. The predicted octanol–water partition coefficient (Wildman–Crippen LogP) is 1.81. The van der Waals surface area contributed by atoms with Gasteiger partial charge in [-0.1, -0.05) is 18.2 Å². The lowest BCUT2D eigenvalue weighted by atomic mass is 10.1. The molecule has 0 spiro atoms. The summed E-state index contributed by atoms with van der Waals surface area (Å²) in [6, 6.07) is 6.09. The van der Waals surface area contributed by atoms with Crippen molar-refractivity contribution >= 4 is 0 Å². The van der Waals surface area contributed by atoms with Crippen LogP contribution in [0.1, 0.15) is 29.4 Å². The number of rotatable bonds is 2. The monoisotopic (exact) mass is 178 g/mol. The number of hydrogen-bond acceptors (Lipinski definition) is 2. The number of benzene rings is 1. The minimum Gasteiger partial charge on any atom is -0.364 e. The number of aliphatic hydroxyl groups is 1. The van der Waals surface area contributed by atoms with Gasteiger partial charge in [0.1, 0.15) is 0 Å². The molecular formula is C11H14O2. The zero-order valence-corrected chi connectivity index (χ0v) is 7.79. The molecule has 0 aliphatic heterocycles. The summed E-state index contributed by atoms with van der Waals surface area (Å²) < 4.78 is 4.85. The molecule has 2 heteroatoms. The molecule has 0 saturated carbocycles. The lowest BCUT2D eigenvalue weighted by molar-refractivity contribution is -0.0769. The van der Waals surface area contributed by atoms with E-state index in [0.29, 0.717) is 0 Å². The zero-order chi connectivity index (χ0) is 9.26. The molecule has 0 saturated heterocycles. The first-order valence-electron chi connectivity index (χ1n) is 4.64. The van der Waals surface area contributed by atoms with Crippen LogP contribution in [0.3, 0.4) is 0 Å². The molecule has 0 aromatic heterocycles. The Morgan fingerprint density at radius 1 is 1.31 bits per heavy atom. The van der Waals surface area contributed by atoms with Crippen LogP contribution < -0.4 is 0 Å². The molecule has 2 nitrogen and oxygen atoms in total. The first-order valence-corrected chi connectivity index (χ1v) is 4.64. The normalized spacial score (nSPS) is 17.1. The van der Waals surface area contributed by atoms with Crippen LogP contribution >= 0.6 is 0 Å². The van der Waals surface area contributed by atoms with Gasteiger partial charge in [-0.3, -0.25) is 0 Å². The van der Waals surface area contributed by atoms with Crippen molar-refractivity contribution in [2.45, 2.75) is 25.6 Å². The smallest absolute Gasteiger partial charge is 0.180 e. The molecule has 1 aromatic carbocycles. The molecule has 0 amide bonds. The van der Waals surface area contributed by atoms with Crippen molar-refractivity contribution in [2.24, 2.45) is 0 Å². The van der Waals surface area contributed by atoms with Crippen molar-refractivity contribution in [2.75, 3.05) is 7.11 Å². The summed E-state index contributed by atoms with van der Waals surface area (Å²) in [5.74, 6) is 0. The van der Waals surface area contributed by atoms with Crippen LogP contribution in [0, 0.1) is 0 Å². The summed E-state index contributed by atoms with van der Waals surface area (Å²) in [7, 11) is 1.51. The molecule has 0 fully saturated rings. The number of fused-ring (bicyclic) bond motifs is 1. The number of aliphatic hydroxyl groups excluding tert-OH is 1. The van der Waals surface area contributed by atoms with Gasteiger partial charge in [-0.05, 0) is 30.4 Å². The van der Waals surface area contributed by atoms with Crippen molar-refractivity contribution in [3.05, 3.63) is 34.9 Å². The number of aryl methyl sites for hydroxylation is 2. The Morgan fingerprint density at radius 2 is 2.08 bits per heavy atom.